The molecular weight excluding hydrogens is 404 g/mol. The third-order valence-corrected chi connectivity index (χ3v) is 4.62. The molecule has 0 bridgehead atoms. The van der Waals surface area contributed by atoms with E-state index in [0.29, 0.717) is 25.2 Å². The van der Waals surface area contributed by atoms with Crippen LogP contribution in [0.2, 0.25) is 0 Å². The number of benzene rings is 1. The second-order valence-corrected chi connectivity index (χ2v) is 6.86. The SMILES string of the molecule is C[C@H](NC(=O)c1ccc(F)c(F)c1)C(=O)N1CCC[C@H]1C(=O)N[C@H](C=O)CC(=O)O. The number of rotatable bonds is 8. The molecule has 0 radical (unpaired) electrons. The topological polar surface area (TPSA) is 133 Å². The van der Waals surface area contributed by atoms with Crippen LogP contribution in [0.3, 0.4) is 0 Å². The molecule has 1 aromatic carbocycles. The fourth-order valence-corrected chi connectivity index (χ4v) is 3.13. The van der Waals surface area contributed by atoms with Crippen molar-refractivity contribution in [2.45, 2.75) is 44.3 Å². The average molecular weight is 425 g/mol. The number of aldehydes is 1. The molecule has 0 unspecified atom stereocenters. The Morgan fingerprint density at radius 3 is 2.53 bits per heavy atom. The highest BCUT2D eigenvalue weighted by Crippen LogP contribution is 2.19. The van der Waals surface area contributed by atoms with Crippen molar-refractivity contribution in [3.05, 3.63) is 35.4 Å². The van der Waals surface area contributed by atoms with Gasteiger partial charge in [-0.25, -0.2) is 8.78 Å². The number of hydrogen-bond donors (Lipinski definition) is 3. The first kappa shape index (κ1) is 22.9. The second-order valence-electron chi connectivity index (χ2n) is 6.86. The Morgan fingerprint density at radius 1 is 1.23 bits per heavy atom. The van der Waals surface area contributed by atoms with Gasteiger partial charge < -0.3 is 25.4 Å². The van der Waals surface area contributed by atoms with Crippen LogP contribution in [-0.2, 0) is 19.2 Å². The Hall–Kier alpha value is -3.37. The van der Waals surface area contributed by atoms with E-state index < -0.39 is 59.9 Å². The molecule has 30 heavy (non-hydrogen) atoms. The lowest BCUT2D eigenvalue weighted by Crippen LogP contribution is -2.54. The molecule has 0 aromatic heterocycles. The number of likely N-dealkylation sites (tertiary alicyclic amines) is 1. The lowest BCUT2D eigenvalue weighted by molar-refractivity contribution is -0.141. The van der Waals surface area contributed by atoms with Crippen molar-refractivity contribution in [2.24, 2.45) is 0 Å². The highest BCUT2D eigenvalue weighted by atomic mass is 19.2. The van der Waals surface area contributed by atoms with Gasteiger partial charge in [0.2, 0.25) is 11.8 Å². The van der Waals surface area contributed by atoms with Crippen molar-refractivity contribution in [1.82, 2.24) is 15.5 Å². The van der Waals surface area contributed by atoms with Crippen molar-refractivity contribution in [2.75, 3.05) is 6.54 Å². The van der Waals surface area contributed by atoms with Crippen LogP contribution < -0.4 is 10.6 Å². The summed E-state index contributed by atoms with van der Waals surface area (Å²) in [4.78, 5) is 60.3. The zero-order valence-electron chi connectivity index (χ0n) is 16.1. The van der Waals surface area contributed by atoms with E-state index in [0.717, 1.165) is 12.1 Å². The van der Waals surface area contributed by atoms with Gasteiger partial charge in [0.15, 0.2) is 11.6 Å². The molecule has 0 saturated carbocycles. The van der Waals surface area contributed by atoms with Crippen LogP contribution in [0.4, 0.5) is 8.78 Å². The zero-order chi connectivity index (χ0) is 22.4. The number of carboxylic acids is 1. The average Bonchev–Trinajstić information content (AvgIpc) is 3.18. The summed E-state index contributed by atoms with van der Waals surface area (Å²) < 4.78 is 26.3. The zero-order valence-corrected chi connectivity index (χ0v) is 16.1. The highest BCUT2D eigenvalue weighted by molar-refractivity contribution is 5.98. The minimum Gasteiger partial charge on any atom is -0.481 e. The van der Waals surface area contributed by atoms with Gasteiger partial charge in [0.05, 0.1) is 12.5 Å². The molecule has 162 valence electrons. The molecule has 3 N–H and O–H groups in total. The van der Waals surface area contributed by atoms with Crippen LogP contribution in [0.1, 0.15) is 36.5 Å². The van der Waals surface area contributed by atoms with E-state index in [2.05, 4.69) is 10.6 Å². The second kappa shape index (κ2) is 9.90. The molecule has 1 fully saturated rings. The summed E-state index contributed by atoms with van der Waals surface area (Å²) in [5.74, 6) is -5.62. The van der Waals surface area contributed by atoms with Crippen LogP contribution in [-0.4, -0.2) is 64.7 Å². The fraction of sp³-hybridized carbons (Fsp3) is 0.421. The molecule has 3 amide bonds. The fourth-order valence-electron chi connectivity index (χ4n) is 3.13. The lowest BCUT2D eigenvalue weighted by Gasteiger charge is -2.27. The van der Waals surface area contributed by atoms with Gasteiger partial charge in [-0.1, -0.05) is 0 Å². The molecule has 0 aliphatic carbocycles. The number of nitrogens with zero attached hydrogens (tertiary/aromatic N) is 1. The number of nitrogens with one attached hydrogen (secondary N) is 2. The van der Waals surface area contributed by atoms with Crippen molar-refractivity contribution in [3.8, 4) is 0 Å². The van der Waals surface area contributed by atoms with E-state index >= 15 is 0 Å². The summed E-state index contributed by atoms with van der Waals surface area (Å²) in [6.45, 7) is 1.61. The number of hydrogen-bond acceptors (Lipinski definition) is 5. The van der Waals surface area contributed by atoms with Crippen LogP contribution >= 0.6 is 0 Å². The van der Waals surface area contributed by atoms with Gasteiger partial charge in [-0.2, -0.15) is 0 Å². The Labute approximate surface area is 170 Å². The van der Waals surface area contributed by atoms with Crippen LogP contribution in [0, 0.1) is 11.6 Å². The third-order valence-electron chi connectivity index (χ3n) is 4.62. The van der Waals surface area contributed by atoms with Gasteiger partial charge in [-0.3, -0.25) is 19.2 Å². The van der Waals surface area contributed by atoms with Gasteiger partial charge in [0, 0.05) is 12.1 Å². The summed E-state index contributed by atoms with van der Waals surface area (Å²) in [7, 11) is 0. The predicted octanol–water partition coefficient (Wildman–Crippen LogP) is 0.233. The molecule has 0 spiro atoms. The van der Waals surface area contributed by atoms with Crippen molar-refractivity contribution < 1.29 is 37.9 Å². The summed E-state index contributed by atoms with van der Waals surface area (Å²) in [5, 5.41) is 13.4. The molecule has 1 aliphatic rings. The van der Waals surface area contributed by atoms with E-state index in [1.807, 2.05) is 0 Å². The van der Waals surface area contributed by atoms with Crippen LogP contribution in [0.15, 0.2) is 18.2 Å². The monoisotopic (exact) mass is 425 g/mol. The minimum atomic E-state index is -1.26. The normalized spacial score (nSPS) is 17.7. The Balaban J connectivity index is 2.02. The molecule has 1 saturated heterocycles. The largest absolute Gasteiger partial charge is 0.481 e. The number of carbonyl (C=O) groups is 5. The number of halogens is 2. The van der Waals surface area contributed by atoms with E-state index in [1.165, 1.54) is 11.8 Å². The smallest absolute Gasteiger partial charge is 0.305 e. The quantitative estimate of drug-likeness (QED) is 0.511. The predicted molar refractivity (Wildman–Crippen MR) is 98.3 cm³/mol. The van der Waals surface area contributed by atoms with Crippen LogP contribution in [0.25, 0.3) is 0 Å². The van der Waals surface area contributed by atoms with E-state index in [1.54, 1.807) is 0 Å². The first-order valence-electron chi connectivity index (χ1n) is 9.18. The molecular formula is C19H21F2N3O6. The van der Waals surface area contributed by atoms with Crippen molar-refractivity contribution in [1.29, 1.82) is 0 Å². The Morgan fingerprint density at radius 2 is 1.93 bits per heavy atom. The molecule has 2 rings (SSSR count). The molecule has 1 aliphatic heterocycles. The standard InChI is InChI=1S/C19H21F2N3O6/c1-10(22-17(28)11-4-5-13(20)14(21)7-11)19(30)24-6-2-3-15(24)18(29)23-12(9-25)8-16(26)27/h4-5,7,9-10,12,15H,2-3,6,8H2,1H3,(H,22,28)(H,23,29)(H,26,27)/t10-,12-,15-/m0/s1. The minimum absolute atomic E-state index is 0.174. The molecule has 3 atom stereocenters. The maximum atomic E-state index is 13.3. The molecule has 9 nitrogen and oxygen atoms in total. The van der Waals surface area contributed by atoms with E-state index in [-0.39, 0.29) is 12.1 Å². The lowest BCUT2D eigenvalue weighted by atomic mass is 10.1. The first-order valence-corrected chi connectivity index (χ1v) is 9.18. The van der Waals surface area contributed by atoms with Gasteiger partial charge in [0.25, 0.3) is 5.91 Å². The van der Waals surface area contributed by atoms with Gasteiger partial charge in [-0.15, -0.1) is 0 Å². The summed E-state index contributed by atoms with van der Waals surface area (Å²) in [6, 6.07) is -0.651. The number of carbonyl (C=O) groups excluding carboxylic acids is 4. The Bertz CT molecular complexity index is 863. The van der Waals surface area contributed by atoms with Crippen LogP contribution in [0.5, 0.6) is 0 Å². The maximum Gasteiger partial charge on any atom is 0.305 e. The molecule has 1 aromatic rings. The maximum absolute atomic E-state index is 13.3. The third kappa shape index (κ3) is 5.58. The van der Waals surface area contributed by atoms with E-state index in [9.17, 15) is 32.8 Å². The summed E-state index contributed by atoms with van der Waals surface area (Å²) >= 11 is 0. The first-order chi connectivity index (χ1) is 14.1. The number of aliphatic carboxylic acids is 1. The molecule has 1 heterocycles. The number of carboxylic acid groups (broad SMARTS) is 1. The Kier molecular flexibility index (Phi) is 7.56. The highest BCUT2D eigenvalue weighted by Gasteiger charge is 2.37. The van der Waals surface area contributed by atoms with Crippen molar-refractivity contribution in [3.63, 3.8) is 0 Å². The van der Waals surface area contributed by atoms with E-state index in [4.69, 9.17) is 5.11 Å². The summed E-state index contributed by atoms with van der Waals surface area (Å²) in [6.07, 6.45) is 0.521. The molecule has 11 heteroatoms. The van der Waals surface area contributed by atoms with Gasteiger partial charge in [-0.05, 0) is 38.0 Å². The summed E-state index contributed by atoms with van der Waals surface area (Å²) in [5.41, 5.74) is -0.174. The number of amides is 3. The van der Waals surface area contributed by atoms with Gasteiger partial charge >= 0.3 is 5.97 Å². The van der Waals surface area contributed by atoms with Crippen molar-refractivity contribution >= 4 is 30.0 Å². The van der Waals surface area contributed by atoms with Gasteiger partial charge in [0.1, 0.15) is 18.4 Å².